The Morgan fingerprint density at radius 2 is 2.00 bits per heavy atom. The highest BCUT2D eigenvalue weighted by atomic mass is 16.6. The largest absolute Gasteiger partial charge is 0.481 e. The lowest BCUT2D eigenvalue weighted by molar-refractivity contribution is -0.384. The minimum Gasteiger partial charge on any atom is -0.481 e. The van der Waals surface area contributed by atoms with E-state index >= 15 is 0 Å². The van der Waals surface area contributed by atoms with Crippen LogP contribution < -0.4 is 9.64 Å². The van der Waals surface area contributed by atoms with Crippen molar-refractivity contribution in [2.24, 2.45) is 0 Å². The molecule has 6 nitrogen and oxygen atoms in total. The van der Waals surface area contributed by atoms with Crippen molar-refractivity contribution >= 4 is 11.5 Å². The molecule has 1 aromatic rings. The summed E-state index contributed by atoms with van der Waals surface area (Å²) in [6.07, 6.45) is 2.05. The van der Waals surface area contributed by atoms with Crippen molar-refractivity contribution in [3.05, 3.63) is 22.2 Å². The van der Waals surface area contributed by atoms with Crippen LogP contribution in [0.5, 0.6) is 5.88 Å². The van der Waals surface area contributed by atoms with Gasteiger partial charge in [-0.2, -0.15) is 4.98 Å². The lowest BCUT2D eigenvalue weighted by atomic mass is 10.2. The molecule has 2 atom stereocenters. The summed E-state index contributed by atoms with van der Waals surface area (Å²) in [5.74, 6) is 0.818. The molecule has 2 rings (SSSR count). The summed E-state index contributed by atoms with van der Waals surface area (Å²) < 4.78 is 5.06. The Hall–Kier alpha value is -1.85. The van der Waals surface area contributed by atoms with Crippen molar-refractivity contribution in [2.75, 3.05) is 12.0 Å². The minimum absolute atomic E-state index is 0.0383. The van der Waals surface area contributed by atoms with E-state index in [-0.39, 0.29) is 22.7 Å². The van der Waals surface area contributed by atoms with Crippen molar-refractivity contribution in [3.8, 4) is 5.88 Å². The quantitative estimate of drug-likeness (QED) is 0.609. The number of pyridine rings is 1. The van der Waals surface area contributed by atoms with E-state index in [1.807, 2.05) is 4.90 Å². The Kier molecular flexibility index (Phi) is 3.36. The maximum Gasteiger partial charge on any atom is 0.311 e. The summed E-state index contributed by atoms with van der Waals surface area (Å²) in [5.41, 5.74) is 0.0383. The molecule has 2 unspecified atom stereocenters. The second-order valence-electron chi connectivity index (χ2n) is 4.64. The first-order valence-corrected chi connectivity index (χ1v) is 6.02. The fourth-order valence-electron chi connectivity index (χ4n) is 2.48. The average Bonchev–Trinajstić information content (AvgIpc) is 2.68. The lowest BCUT2D eigenvalue weighted by Gasteiger charge is -2.27. The number of ether oxygens (including phenoxy) is 1. The zero-order valence-corrected chi connectivity index (χ0v) is 10.8. The summed E-state index contributed by atoms with van der Waals surface area (Å²) in [4.78, 5) is 17.0. The molecule has 0 saturated carbocycles. The van der Waals surface area contributed by atoms with Crippen molar-refractivity contribution in [1.29, 1.82) is 0 Å². The molecule has 0 N–H and O–H groups in total. The number of rotatable bonds is 3. The summed E-state index contributed by atoms with van der Waals surface area (Å²) in [7, 11) is 1.51. The summed E-state index contributed by atoms with van der Waals surface area (Å²) in [6.45, 7) is 4.13. The number of anilines is 1. The van der Waals surface area contributed by atoms with E-state index in [9.17, 15) is 10.1 Å². The van der Waals surface area contributed by atoms with Crippen LogP contribution in [0.15, 0.2) is 12.1 Å². The van der Waals surface area contributed by atoms with Crippen LogP contribution in [0.4, 0.5) is 11.5 Å². The van der Waals surface area contributed by atoms with Crippen molar-refractivity contribution < 1.29 is 9.66 Å². The molecule has 1 fully saturated rings. The Labute approximate surface area is 106 Å². The van der Waals surface area contributed by atoms with Gasteiger partial charge in [-0.1, -0.05) is 0 Å². The van der Waals surface area contributed by atoms with E-state index in [0.717, 1.165) is 12.8 Å². The van der Waals surface area contributed by atoms with Crippen LogP contribution >= 0.6 is 0 Å². The molecule has 1 aliphatic rings. The molecular weight excluding hydrogens is 234 g/mol. The van der Waals surface area contributed by atoms with E-state index < -0.39 is 0 Å². The first-order chi connectivity index (χ1) is 8.54. The van der Waals surface area contributed by atoms with Gasteiger partial charge in [0, 0.05) is 24.2 Å². The normalized spacial score (nSPS) is 23.2. The average molecular weight is 251 g/mol. The Balaban J connectivity index is 2.49. The molecule has 1 aliphatic heterocycles. The van der Waals surface area contributed by atoms with Crippen molar-refractivity contribution in [2.45, 2.75) is 38.8 Å². The predicted octanol–water partition coefficient (Wildman–Crippen LogP) is 2.38. The van der Waals surface area contributed by atoms with Gasteiger partial charge >= 0.3 is 5.69 Å². The molecular formula is C12H17N3O3. The molecule has 18 heavy (non-hydrogen) atoms. The van der Waals surface area contributed by atoms with E-state index in [0.29, 0.717) is 11.7 Å². The molecule has 0 spiro atoms. The molecule has 6 heteroatoms. The highest BCUT2D eigenvalue weighted by Crippen LogP contribution is 2.36. The summed E-state index contributed by atoms with van der Waals surface area (Å²) in [6, 6.07) is 3.50. The van der Waals surface area contributed by atoms with Gasteiger partial charge in [-0.05, 0) is 26.7 Å². The number of hydrogen-bond acceptors (Lipinski definition) is 5. The van der Waals surface area contributed by atoms with Crippen LogP contribution in [0, 0.1) is 10.1 Å². The Bertz CT molecular complexity index is 454. The second-order valence-corrected chi connectivity index (χ2v) is 4.64. The fraction of sp³-hybridized carbons (Fsp3) is 0.583. The first kappa shape index (κ1) is 12.6. The van der Waals surface area contributed by atoms with Crippen LogP contribution in [0.1, 0.15) is 26.7 Å². The second kappa shape index (κ2) is 4.80. The minimum atomic E-state index is -0.389. The van der Waals surface area contributed by atoms with E-state index in [1.165, 1.54) is 19.2 Å². The van der Waals surface area contributed by atoms with Gasteiger partial charge in [0.25, 0.3) is 0 Å². The van der Waals surface area contributed by atoms with Crippen LogP contribution in [0.25, 0.3) is 0 Å². The van der Waals surface area contributed by atoms with Crippen LogP contribution in [-0.4, -0.2) is 29.1 Å². The van der Waals surface area contributed by atoms with Crippen molar-refractivity contribution in [3.63, 3.8) is 0 Å². The summed E-state index contributed by atoms with van der Waals surface area (Å²) in [5, 5.41) is 11.1. The van der Waals surface area contributed by atoms with Crippen molar-refractivity contribution in [1.82, 2.24) is 4.98 Å². The van der Waals surface area contributed by atoms with Gasteiger partial charge in [0.1, 0.15) is 0 Å². The first-order valence-electron chi connectivity index (χ1n) is 6.02. The molecule has 0 amide bonds. The molecule has 2 heterocycles. The van der Waals surface area contributed by atoms with Crippen LogP contribution in [0.2, 0.25) is 0 Å². The zero-order chi connectivity index (χ0) is 13.3. The fourth-order valence-corrected chi connectivity index (χ4v) is 2.48. The molecule has 0 aromatic carbocycles. The van der Waals surface area contributed by atoms with Gasteiger partial charge in [0.2, 0.25) is 11.7 Å². The standard InChI is InChI=1S/C12H17N3O3/c1-8-4-5-9(2)14(8)12-10(15(16)17)6-7-11(13-12)18-3/h6-9H,4-5H2,1-3H3. The molecule has 1 saturated heterocycles. The zero-order valence-electron chi connectivity index (χ0n) is 10.8. The smallest absolute Gasteiger partial charge is 0.311 e. The van der Waals surface area contributed by atoms with E-state index in [1.54, 1.807) is 0 Å². The van der Waals surface area contributed by atoms with Gasteiger partial charge in [-0.15, -0.1) is 0 Å². The van der Waals surface area contributed by atoms with E-state index in [2.05, 4.69) is 18.8 Å². The van der Waals surface area contributed by atoms with Crippen LogP contribution in [0.3, 0.4) is 0 Å². The molecule has 0 bridgehead atoms. The van der Waals surface area contributed by atoms with Gasteiger partial charge in [0.05, 0.1) is 12.0 Å². The number of aromatic nitrogens is 1. The number of nitro groups is 1. The topological polar surface area (TPSA) is 68.5 Å². The number of hydrogen-bond donors (Lipinski definition) is 0. The van der Waals surface area contributed by atoms with Gasteiger partial charge in [-0.3, -0.25) is 10.1 Å². The van der Waals surface area contributed by atoms with E-state index in [4.69, 9.17) is 4.74 Å². The molecule has 98 valence electrons. The lowest BCUT2D eigenvalue weighted by Crippen LogP contribution is -2.33. The third-order valence-electron chi connectivity index (χ3n) is 3.43. The number of nitrogens with zero attached hydrogens (tertiary/aromatic N) is 3. The predicted molar refractivity (Wildman–Crippen MR) is 68.1 cm³/mol. The molecule has 1 aromatic heterocycles. The highest BCUT2D eigenvalue weighted by molar-refractivity contribution is 5.60. The van der Waals surface area contributed by atoms with Gasteiger partial charge in [-0.25, -0.2) is 0 Å². The molecule has 0 aliphatic carbocycles. The van der Waals surface area contributed by atoms with Gasteiger partial charge in [0.15, 0.2) is 0 Å². The summed E-state index contributed by atoms with van der Waals surface area (Å²) >= 11 is 0. The number of methoxy groups -OCH3 is 1. The molecule has 0 radical (unpaired) electrons. The SMILES string of the molecule is COc1ccc([N+](=O)[O-])c(N2C(C)CCC2C)n1. The maximum atomic E-state index is 11.1. The van der Waals surface area contributed by atoms with Crippen LogP contribution in [-0.2, 0) is 0 Å². The monoisotopic (exact) mass is 251 g/mol. The third-order valence-corrected chi connectivity index (χ3v) is 3.43. The third kappa shape index (κ3) is 2.10. The Morgan fingerprint density at radius 3 is 2.50 bits per heavy atom. The maximum absolute atomic E-state index is 11.1. The Morgan fingerprint density at radius 1 is 1.39 bits per heavy atom. The van der Waals surface area contributed by atoms with Gasteiger partial charge < -0.3 is 9.64 Å². The highest BCUT2D eigenvalue weighted by Gasteiger charge is 2.33.